The molecule has 1 rings (SSSR count). The number of hydrogen-bond acceptors (Lipinski definition) is 3. The fourth-order valence-electron chi connectivity index (χ4n) is 1.53. The van der Waals surface area contributed by atoms with Crippen LogP contribution in [-0.4, -0.2) is 25.0 Å². The van der Waals surface area contributed by atoms with Gasteiger partial charge in [0.15, 0.2) is 0 Å². The van der Waals surface area contributed by atoms with Gasteiger partial charge >= 0.3 is 0 Å². The zero-order valence-electron chi connectivity index (χ0n) is 10.8. The second-order valence-corrected chi connectivity index (χ2v) is 4.33. The van der Waals surface area contributed by atoms with Gasteiger partial charge in [0.05, 0.1) is 7.11 Å². The third-order valence-corrected chi connectivity index (χ3v) is 2.61. The van der Waals surface area contributed by atoms with Crippen molar-refractivity contribution in [3.05, 3.63) is 29.8 Å². The second kappa shape index (κ2) is 6.05. The van der Waals surface area contributed by atoms with E-state index < -0.39 is 11.9 Å². The molecule has 0 saturated heterocycles. The van der Waals surface area contributed by atoms with E-state index in [1.54, 1.807) is 31.4 Å². The van der Waals surface area contributed by atoms with E-state index in [1.807, 2.05) is 13.8 Å². The number of rotatable bonds is 5. The van der Waals surface area contributed by atoms with Crippen LogP contribution in [0.1, 0.15) is 24.2 Å². The van der Waals surface area contributed by atoms with Crippen LogP contribution in [0.4, 0.5) is 0 Å². The molecule has 3 N–H and O–H groups in total. The van der Waals surface area contributed by atoms with Crippen LogP contribution >= 0.6 is 0 Å². The van der Waals surface area contributed by atoms with Crippen molar-refractivity contribution in [2.24, 2.45) is 11.7 Å². The Bertz CT molecular complexity index is 426. The van der Waals surface area contributed by atoms with E-state index in [0.29, 0.717) is 11.3 Å². The van der Waals surface area contributed by atoms with Gasteiger partial charge < -0.3 is 15.8 Å². The van der Waals surface area contributed by atoms with Crippen LogP contribution < -0.4 is 15.8 Å². The van der Waals surface area contributed by atoms with Crippen LogP contribution in [0.15, 0.2) is 24.3 Å². The van der Waals surface area contributed by atoms with E-state index in [0.717, 1.165) is 0 Å². The molecular weight excluding hydrogens is 232 g/mol. The zero-order valence-corrected chi connectivity index (χ0v) is 10.8. The smallest absolute Gasteiger partial charge is 0.251 e. The van der Waals surface area contributed by atoms with Crippen molar-refractivity contribution in [3.8, 4) is 5.75 Å². The van der Waals surface area contributed by atoms with Crippen LogP contribution in [0.25, 0.3) is 0 Å². The highest BCUT2D eigenvalue weighted by Gasteiger charge is 2.22. The fourth-order valence-corrected chi connectivity index (χ4v) is 1.53. The molecule has 2 amide bonds. The van der Waals surface area contributed by atoms with Gasteiger partial charge in [-0.15, -0.1) is 0 Å². The van der Waals surface area contributed by atoms with Crippen LogP contribution in [0.5, 0.6) is 5.75 Å². The molecule has 18 heavy (non-hydrogen) atoms. The van der Waals surface area contributed by atoms with Gasteiger partial charge in [-0.1, -0.05) is 13.8 Å². The lowest BCUT2D eigenvalue weighted by molar-refractivity contribution is -0.120. The van der Waals surface area contributed by atoms with Gasteiger partial charge in [-0.3, -0.25) is 9.59 Å². The maximum absolute atomic E-state index is 11.9. The summed E-state index contributed by atoms with van der Waals surface area (Å²) in [5.41, 5.74) is 5.70. The van der Waals surface area contributed by atoms with E-state index in [4.69, 9.17) is 10.5 Å². The fraction of sp³-hybridized carbons (Fsp3) is 0.385. The molecular formula is C13H18N2O3. The number of carbonyl (C=O) groups excluding carboxylic acids is 2. The molecule has 0 heterocycles. The number of amides is 2. The van der Waals surface area contributed by atoms with E-state index in [2.05, 4.69) is 5.32 Å². The Hall–Kier alpha value is -2.04. The summed E-state index contributed by atoms with van der Waals surface area (Å²) in [6, 6.07) is 5.96. The predicted molar refractivity (Wildman–Crippen MR) is 68.3 cm³/mol. The van der Waals surface area contributed by atoms with E-state index in [1.165, 1.54) is 0 Å². The molecule has 0 radical (unpaired) electrons. The Kier molecular flexibility index (Phi) is 4.71. The summed E-state index contributed by atoms with van der Waals surface area (Å²) < 4.78 is 5.00. The van der Waals surface area contributed by atoms with E-state index in [-0.39, 0.29) is 11.8 Å². The number of benzene rings is 1. The van der Waals surface area contributed by atoms with E-state index in [9.17, 15) is 9.59 Å². The molecule has 0 spiro atoms. The summed E-state index contributed by atoms with van der Waals surface area (Å²) in [4.78, 5) is 23.1. The number of ether oxygens (including phenoxy) is 1. The molecule has 1 unspecified atom stereocenters. The summed E-state index contributed by atoms with van der Waals surface area (Å²) in [5, 5.41) is 2.62. The van der Waals surface area contributed by atoms with Gasteiger partial charge in [0, 0.05) is 5.56 Å². The standard InChI is InChI=1S/C13H18N2O3/c1-8(2)11(12(14)16)15-13(17)9-4-6-10(18-3)7-5-9/h4-8,11H,1-3H3,(H2,14,16)(H,15,17). The van der Waals surface area contributed by atoms with Crippen LogP contribution in [0, 0.1) is 5.92 Å². The first-order chi connectivity index (χ1) is 8.45. The van der Waals surface area contributed by atoms with Crippen molar-refractivity contribution in [2.75, 3.05) is 7.11 Å². The number of primary amides is 1. The average molecular weight is 250 g/mol. The number of carbonyl (C=O) groups is 2. The van der Waals surface area contributed by atoms with Crippen molar-refractivity contribution in [1.29, 1.82) is 0 Å². The third kappa shape index (κ3) is 3.48. The molecule has 1 atom stereocenters. The Balaban J connectivity index is 2.77. The molecule has 1 aromatic carbocycles. The van der Waals surface area contributed by atoms with Gasteiger partial charge in [-0.25, -0.2) is 0 Å². The average Bonchev–Trinajstić information content (AvgIpc) is 2.35. The number of nitrogens with one attached hydrogen (secondary N) is 1. The molecule has 0 aromatic heterocycles. The SMILES string of the molecule is COc1ccc(C(=O)NC(C(N)=O)C(C)C)cc1. The van der Waals surface area contributed by atoms with Crippen molar-refractivity contribution in [3.63, 3.8) is 0 Å². The maximum Gasteiger partial charge on any atom is 0.251 e. The second-order valence-electron chi connectivity index (χ2n) is 4.33. The first kappa shape index (κ1) is 14.0. The third-order valence-electron chi connectivity index (χ3n) is 2.61. The Labute approximate surface area is 106 Å². The summed E-state index contributed by atoms with van der Waals surface area (Å²) in [7, 11) is 1.55. The van der Waals surface area contributed by atoms with Crippen LogP contribution in [0.3, 0.4) is 0 Å². The van der Waals surface area contributed by atoms with Gasteiger partial charge in [-0.05, 0) is 30.2 Å². The first-order valence-electron chi connectivity index (χ1n) is 5.70. The quantitative estimate of drug-likeness (QED) is 0.815. The molecule has 98 valence electrons. The molecule has 5 nitrogen and oxygen atoms in total. The van der Waals surface area contributed by atoms with Crippen molar-refractivity contribution < 1.29 is 14.3 Å². The van der Waals surface area contributed by atoms with Crippen LogP contribution in [-0.2, 0) is 4.79 Å². The van der Waals surface area contributed by atoms with Crippen LogP contribution in [0.2, 0.25) is 0 Å². The summed E-state index contributed by atoms with van der Waals surface area (Å²) in [5.74, 6) is -0.242. The summed E-state index contributed by atoms with van der Waals surface area (Å²) >= 11 is 0. The normalized spacial score (nSPS) is 12.0. The highest BCUT2D eigenvalue weighted by molar-refractivity contribution is 5.97. The van der Waals surface area contributed by atoms with Crippen molar-refractivity contribution >= 4 is 11.8 Å². The molecule has 0 aliphatic heterocycles. The highest BCUT2D eigenvalue weighted by Crippen LogP contribution is 2.11. The zero-order chi connectivity index (χ0) is 13.7. The lowest BCUT2D eigenvalue weighted by atomic mass is 10.0. The highest BCUT2D eigenvalue weighted by atomic mass is 16.5. The molecule has 0 aliphatic carbocycles. The molecule has 0 aliphatic rings. The molecule has 0 saturated carbocycles. The number of methoxy groups -OCH3 is 1. The maximum atomic E-state index is 11.9. The summed E-state index contributed by atoms with van der Waals surface area (Å²) in [6.07, 6.45) is 0. The van der Waals surface area contributed by atoms with E-state index >= 15 is 0 Å². The minimum atomic E-state index is -0.667. The summed E-state index contributed by atoms with van der Waals surface area (Å²) in [6.45, 7) is 3.65. The van der Waals surface area contributed by atoms with Gasteiger partial charge in [0.2, 0.25) is 5.91 Å². The molecule has 0 bridgehead atoms. The van der Waals surface area contributed by atoms with Gasteiger partial charge in [-0.2, -0.15) is 0 Å². The molecule has 5 heteroatoms. The van der Waals surface area contributed by atoms with Gasteiger partial charge in [0.25, 0.3) is 5.91 Å². The topological polar surface area (TPSA) is 81.4 Å². The minimum absolute atomic E-state index is 0.0512. The Morgan fingerprint density at radius 3 is 2.17 bits per heavy atom. The monoisotopic (exact) mass is 250 g/mol. The Morgan fingerprint density at radius 2 is 1.78 bits per heavy atom. The van der Waals surface area contributed by atoms with Crippen molar-refractivity contribution in [1.82, 2.24) is 5.32 Å². The predicted octanol–water partition coefficient (Wildman–Crippen LogP) is 0.935. The minimum Gasteiger partial charge on any atom is -0.497 e. The lowest BCUT2D eigenvalue weighted by Gasteiger charge is -2.18. The van der Waals surface area contributed by atoms with Crippen molar-refractivity contribution in [2.45, 2.75) is 19.9 Å². The molecule has 0 fully saturated rings. The largest absolute Gasteiger partial charge is 0.497 e. The first-order valence-corrected chi connectivity index (χ1v) is 5.70. The number of nitrogens with two attached hydrogens (primary N) is 1. The lowest BCUT2D eigenvalue weighted by Crippen LogP contribution is -2.47. The Morgan fingerprint density at radius 1 is 1.22 bits per heavy atom. The molecule has 1 aromatic rings. The number of hydrogen-bond donors (Lipinski definition) is 2. The van der Waals surface area contributed by atoms with Gasteiger partial charge in [0.1, 0.15) is 11.8 Å².